The van der Waals surface area contributed by atoms with Crippen LogP contribution in [0.3, 0.4) is 0 Å². The van der Waals surface area contributed by atoms with Crippen molar-refractivity contribution in [1.82, 2.24) is 0 Å². The van der Waals surface area contributed by atoms with Crippen molar-refractivity contribution < 1.29 is 14.3 Å². The Bertz CT molecular complexity index is 515. The Morgan fingerprint density at radius 2 is 2.26 bits per heavy atom. The SMILES string of the molecule is COC(=O)c1ccc(N2CC(CS)CC2=O)cc1C. The number of carbonyl (C=O) groups is 2. The highest BCUT2D eigenvalue weighted by Gasteiger charge is 2.29. The van der Waals surface area contributed by atoms with E-state index in [1.807, 2.05) is 13.0 Å². The number of anilines is 1. The molecule has 1 aromatic carbocycles. The number of amides is 1. The third-order valence-corrected chi connectivity index (χ3v) is 3.91. The fourth-order valence-electron chi connectivity index (χ4n) is 2.31. The summed E-state index contributed by atoms with van der Waals surface area (Å²) in [6.07, 6.45) is 0.543. The van der Waals surface area contributed by atoms with Crippen LogP contribution in [0.1, 0.15) is 22.3 Å². The maximum absolute atomic E-state index is 11.9. The van der Waals surface area contributed by atoms with Crippen LogP contribution in [0.5, 0.6) is 0 Å². The van der Waals surface area contributed by atoms with Gasteiger partial charge in [-0.15, -0.1) is 0 Å². The number of benzene rings is 1. The standard InChI is InChI=1S/C14H17NO3S/c1-9-5-11(3-4-12(9)14(17)18-2)15-7-10(8-19)6-13(15)16/h3-5,10,19H,6-8H2,1-2H3. The first-order chi connectivity index (χ1) is 9.06. The van der Waals surface area contributed by atoms with Crippen molar-refractivity contribution in [2.75, 3.05) is 24.3 Å². The first-order valence-corrected chi connectivity index (χ1v) is 6.80. The van der Waals surface area contributed by atoms with Crippen molar-refractivity contribution in [3.05, 3.63) is 29.3 Å². The summed E-state index contributed by atoms with van der Waals surface area (Å²) in [7, 11) is 1.36. The maximum Gasteiger partial charge on any atom is 0.338 e. The number of ether oxygens (including phenoxy) is 1. The van der Waals surface area contributed by atoms with Gasteiger partial charge in [-0.05, 0) is 42.4 Å². The Balaban J connectivity index is 2.25. The van der Waals surface area contributed by atoms with Crippen LogP contribution >= 0.6 is 12.6 Å². The van der Waals surface area contributed by atoms with E-state index in [2.05, 4.69) is 12.6 Å². The molecule has 0 radical (unpaired) electrons. The second-order valence-electron chi connectivity index (χ2n) is 4.75. The summed E-state index contributed by atoms with van der Waals surface area (Å²) in [6, 6.07) is 5.35. The zero-order chi connectivity index (χ0) is 14.0. The van der Waals surface area contributed by atoms with Crippen molar-refractivity contribution in [3.8, 4) is 0 Å². The first kappa shape index (κ1) is 13.9. The third-order valence-electron chi connectivity index (χ3n) is 3.39. The van der Waals surface area contributed by atoms with Gasteiger partial charge in [0.1, 0.15) is 0 Å². The number of esters is 1. The van der Waals surface area contributed by atoms with Crippen molar-refractivity contribution in [3.63, 3.8) is 0 Å². The van der Waals surface area contributed by atoms with Crippen LogP contribution in [0.4, 0.5) is 5.69 Å². The summed E-state index contributed by atoms with van der Waals surface area (Å²) in [5, 5.41) is 0. The molecule has 102 valence electrons. The molecular weight excluding hydrogens is 262 g/mol. The Labute approximate surface area is 118 Å². The van der Waals surface area contributed by atoms with Crippen LogP contribution in [-0.2, 0) is 9.53 Å². The van der Waals surface area contributed by atoms with E-state index >= 15 is 0 Å². The summed E-state index contributed by atoms with van der Waals surface area (Å²) >= 11 is 4.25. The van der Waals surface area contributed by atoms with Crippen LogP contribution in [0, 0.1) is 12.8 Å². The lowest BCUT2D eigenvalue weighted by molar-refractivity contribution is -0.117. The number of aryl methyl sites for hydroxylation is 1. The zero-order valence-corrected chi connectivity index (χ0v) is 11.9. The van der Waals surface area contributed by atoms with Crippen molar-refractivity contribution in [2.45, 2.75) is 13.3 Å². The van der Waals surface area contributed by atoms with E-state index < -0.39 is 0 Å². The van der Waals surface area contributed by atoms with Gasteiger partial charge in [-0.1, -0.05) is 0 Å². The van der Waals surface area contributed by atoms with E-state index in [-0.39, 0.29) is 11.9 Å². The van der Waals surface area contributed by atoms with Crippen LogP contribution in [-0.4, -0.2) is 31.3 Å². The van der Waals surface area contributed by atoms with E-state index in [4.69, 9.17) is 4.74 Å². The van der Waals surface area contributed by atoms with E-state index in [9.17, 15) is 9.59 Å². The van der Waals surface area contributed by atoms with Gasteiger partial charge < -0.3 is 9.64 Å². The molecule has 5 heteroatoms. The molecule has 1 saturated heterocycles. The quantitative estimate of drug-likeness (QED) is 0.680. The predicted molar refractivity (Wildman–Crippen MR) is 76.8 cm³/mol. The van der Waals surface area contributed by atoms with Gasteiger partial charge in [-0.3, -0.25) is 4.79 Å². The van der Waals surface area contributed by atoms with E-state index in [0.29, 0.717) is 30.2 Å². The molecule has 19 heavy (non-hydrogen) atoms. The van der Waals surface area contributed by atoms with Gasteiger partial charge in [0.25, 0.3) is 0 Å². The van der Waals surface area contributed by atoms with Crippen LogP contribution in [0.2, 0.25) is 0 Å². The van der Waals surface area contributed by atoms with Crippen LogP contribution in [0.25, 0.3) is 0 Å². The molecule has 0 aromatic heterocycles. The molecule has 1 amide bonds. The Morgan fingerprint density at radius 1 is 1.53 bits per heavy atom. The predicted octanol–water partition coefficient (Wildman–Crippen LogP) is 2.06. The highest BCUT2D eigenvalue weighted by Crippen LogP contribution is 2.27. The van der Waals surface area contributed by atoms with Gasteiger partial charge >= 0.3 is 5.97 Å². The Kier molecular flexibility index (Phi) is 4.14. The summed E-state index contributed by atoms with van der Waals surface area (Å²) in [5.41, 5.74) is 2.18. The minimum atomic E-state index is -0.356. The normalized spacial score (nSPS) is 18.8. The monoisotopic (exact) mass is 279 g/mol. The topological polar surface area (TPSA) is 46.6 Å². The number of hydrogen-bond acceptors (Lipinski definition) is 4. The minimum absolute atomic E-state index is 0.115. The van der Waals surface area contributed by atoms with E-state index in [1.54, 1.807) is 17.0 Å². The van der Waals surface area contributed by atoms with Gasteiger partial charge in [0.05, 0.1) is 12.7 Å². The summed E-state index contributed by atoms with van der Waals surface area (Å²) in [6.45, 7) is 2.53. The molecule has 2 rings (SSSR count). The van der Waals surface area contributed by atoms with Crippen LogP contribution in [0.15, 0.2) is 18.2 Å². The number of carbonyl (C=O) groups excluding carboxylic acids is 2. The lowest BCUT2D eigenvalue weighted by atomic mass is 10.1. The average Bonchev–Trinajstić information content (AvgIpc) is 2.79. The highest BCUT2D eigenvalue weighted by molar-refractivity contribution is 7.80. The smallest absolute Gasteiger partial charge is 0.338 e. The van der Waals surface area contributed by atoms with Crippen LogP contribution < -0.4 is 4.90 Å². The third kappa shape index (κ3) is 2.76. The Hall–Kier alpha value is -1.49. The van der Waals surface area contributed by atoms with Crippen molar-refractivity contribution in [2.24, 2.45) is 5.92 Å². The molecule has 0 N–H and O–H groups in total. The number of rotatable bonds is 3. The largest absolute Gasteiger partial charge is 0.465 e. The van der Waals surface area contributed by atoms with Gasteiger partial charge in [-0.25, -0.2) is 4.79 Å². The maximum atomic E-state index is 11.9. The van der Waals surface area contributed by atoms with Gasteiger partial charge in [0, 0.05) is 18.7 Å². The van der Waals surface area contributed by atoms with Crippen molar-refractivity contribution in [1.29, 1.82) is 0 Å². The molecule has 0 aliphatic carbocycles. The highest BCUT2D eigenvalue weighted by atomic mass is 32.1. The number of thiol groups is 1. The van der Waals surface area contributed by atoms with Gasteiger partial charge in [0.15, 0.2) is 0 Å². The summed E-state index contributed by atoms with van der Waals surface area (Å²) in [5.74, 6) is 0.771. The molecular formula is C14H17NO3S. The molecule has 0 spiro atoms. The second kappa shape index (κ2) is 5.65. The fraction of sp³-hybridized carbons (Fsp3) is 0.429. The summed E-state index contributed by atoms with van der Waals surface area (Å²) in [4.78, 5) is 25.2. The average molecular weight is 279 g/mol. The zero-order valence-electron chi connectivity index (χ0n) is 11.0. The van der Waals surface area contributed by atoms with E-state index in [0.717, 1.165) is 11.3 Å². The molecule has 1 aromatic rings. The second-order valence-corrected chi connectivity index (χ2v) is 5.11. The fourth-order valence-corrected chi connectivity index (χ4v) is 2.55. The Morgan fingerprint density at radius 3 is 2.79 bits per heavy atom. The number of methoxy groups -OCH3 is 1. The number of nitrogens with zero attached hydrogens (tertiary/aromatic N) is 1. The van der Waals surface area contributed by atoms with Gasteiger partial charge in [-0.2, -0.15) is 12.6 Å². The lowest BCUT2D eigenvalue weighted by Crippen LogP contribution is -2.24. The molecule has 1 unspecified atom stereocenters. The molecule has 1 aliphatic rings. The molecule has 0 saturated carbocycles. The molecule has 0 bridgehead atoms. The molecule has 1 heterocycles. The summed E-state index contributed by atoms with van der Waals surface area (Å²) < 4.78 is 4.71. The first-order valence-electron chi connectivity index (χ1n) is 6.17. The molecule has 1 atom stereocenters. The van der Waals surface area contributed by atoms with Crippen molar-refractivity contribution >= 4 is 30.2 Å². The minimum Gasteiger partial charge on any atom is -0.465 e. The number of hydrogen-bond donors (Lipinski definition) is 1. The molecule has 1 fully saturated rings. The molecule has 1 aliphatic heterocycles. The lowest BCUT2D eigenvalue weighted by Gasteiger charge is -2.18. The van der Waals surface area contributed by atoms with E-state index in [1.165, 1.54) is 7.11 Å². The molecule has 4 nitrogen and oxygen atoms in total. The van der Waals surface area contributed by atoms with Gasteiger partial charge in [0.2, 0.25) is 5.91 Å².